The highest BCUT2D eigenvalue weighted by atomic mass is 32.2. The Morgan fingerprint density at radius 2 is 2.00 bits per heavy atom. The van der Waals surface area contributed by atoms with Crippen LogP contribution in [0.15, 0.2) is 48.0 Å². The number of nitrogens with one attached hydrogen (secondary N) is 1. The van der Waals surface area contributed by atoms with Crippen LogP contribution in [0.1, 0.15) is 10.4 Å². The largest absolute Gasteiger partial charge is 0.341 e. The molecule has 1 N–H and O–H groups in total. The van der Waals surface area contributed by atoms with Crippen LogP contribution in [0.25, 0.3) is 11.2 Å². The maximum Gasteiger partial charge on any atom is 0.269 e. The second kappa shape index (κ2) is 6.10. The molecule has 0 aliphatic heterocycles. The molecule has 0 saturated carbocycles. The van der Waals surface area contributed by atoms with Gasteiger partial charge in [-0.15, -0.1) is 6.42 Å². The van der Waals surface area contributed by atoms with Crippen molar-refractivity contribution in [3.63, 3.8) is 0 Å². The molecule has 0 unspecified atom stereocenters. The number of carbonyl (C=O) groups is 1. The molecule has 0 spiro atoms. The molecule has 0 saturated heterocycles. The summed E-state index contributed by atoms with van der Waals surface area (Å²) >= 11 is 0. The predicted molar refractivity (Wildman–Crippen MR) is 85.5 cm³/mol. The number of aromatic nitrogens is 4. The van der Waals surface area contributed by atoms with Gasteiger partial charge in [-0.3, -0.25) is 4.79 Å². The molecule has 0 aliphatic rings. The summed E-state index contributed by atoms with van der Waals surface area (Å²) in [6.07, 6.45) is 8.90. The van der Waals surface area contributed by atoms with Crippen molar-refractivity contribution >= 4 is 27.1 Å². The lowest BCUT2D eigenvalue weighted by Crippen LogP contribution is -2.23. The van der Waals surface area contributed by atoms with Gasteiger partial charge < -0.3 is 5.32 Å². The Morgan fingerprint density at radius 1 is 1.25 bits per heavy atom. The summed E-state index contributed by atoms with van der Waals surface area (Å²) in [7, 11) is -3.87. The molecule has 1 amide bonds. The van der Waals surface area contributed by atoms with Gasteiger partial charge in [0, 0.05) is 5.56 Å². The molecular formula is C15H11N5O3S. The minimum absolute atomic E-state index is 0.0131. The molecule has 120 valence electrons. The zero-order valence-electron chi connectivity index (χ0n) is 12.2. The van der Waals surface area contributed by atoms with E-state index in [9.17, 15) is 13.2 Å². The number of terminal acetylenes is 1. The Labute approximate surface area is 137 Å². The molecule has 0 radical (unpaired) electrons. The van der Waals surface area contributed by atoms with Crippen molar-refractivity contribution in [2.45, 2.75) is 4.90 Å². The zero-order chi connectivity index (χ0) is 17.2. The van der Waals surface area contributed by atoms with Gasteiger partial charge in [0.15, 0.2) is 5.65 Å². The number of carbonyl (C=O) groups excluding carboxylic acids is 1. The number of imidazole rings is 1. The van der Waals surface area contributed by atoms with E-state index < -0.39 is 10.0 Å². The van der Waals surface area contributed by atoms with Crippen LogP contribution in [0.3, 0.4) is 0 Å². The Kier molecular flexibility index (Phi) is 3.97. The highest BCUT2D eigenvalue weighted by Gasteiger charge is 2.20. The zero-order valence-corrected chi connectivity index (χ0v) is 13.1. The van der Waals surface area contributed by atoms with Crippen LogP contribution in [0.4, 0.5) is 0 Å². The van der Waals surface area contributed by atoms with E-state index in [1.54, 1.807) is 0 Å². The fraction of sp³-hybridized carbons (Fsp3) is 0.0667. The number of amides is 1. The number of hydrogen-bond acceptors (Lipinski definition) is 6. The summed E-state index contributed by atoms with van der Waals surface area (Å²) in [6.45, 7) is 0.0971. The summed E-state index contributed by atoms with van der Waals surface area (Å²) < 4.78 is 26.4. The van der Waals surface area contributed by atoms with E-state index in [1.807, 2.05) is 0 Å². The summed E-state index contributed by atoms with van der Waals surface area (Å²) in [5.74, 6) is 1.91. The standard InChI is InChI=1S/C15H11N5O3S/c1-2-7-17-15(21)11-3-5-12(6-4-11)24(22,23)20-10-19-14-13(20)8-16-9-18-14/h1,3-6,8-10H,7H2,(H,17,21). The van der Waals surface area contributed by atoms with Gasteiger partial charge in [-0.2, -0.15) is 0 Å². The lowest BCUT2D eigenvalue weighted by Gasteiger charge is -2.07. The molecule has 2 aromatic heterocycles. The smallest absolute Gasteiger partial charge is 0.269 e. The van der Waals surface area contributed by atoms with Gasteiger partial charge in [-0.25, -0.2) is 27.3 Å². The Morgan fingerprint density at radius 3 is 2.71 bits per heavy atom. The first-order valence-electron chi connectivity index (χ1n) is 6.74. The molecule has 9 heteroatoms. The number of benzene rings is 1. The average Bonchev–Trinajstić information content (AvgIpc) is 3.04. The highest BCUT2D eigenvalue weighted by molar-refractivity contribution is 7.90. The van der Waals surface area contributed by atoms with Crippen LogP contribution >= 0.6 is 0 Å². The number of nitrogens with zero attached hydrogens (tertiary/aromatic N) is 4. The summed E-state index contributed by atoms with van der Waals surface area (Å²) in [4.78, 5) is 23.4. The minimum atomic E-state index is -3.87. The van der Waals surface area contributed by atoms with Crippen molar-refractivity contribution in [1.29, 1.82) is 0 Å². The maximum absolute atomic E-state index is 12.7. The highest BCUT2D eigenvalue weighted by Crippen LogP contribution is 2.19. The van der Waals surface area contributed by atoms with E-state index in [2.05, 4.69) is 26.2 Å². The monoisotopic (exact) mass is 341 g/mol. The first-order valence-corrected chi connectivity index (χ1v) is 8.18. The normalized spacial score (nSPS) is 11.1. The predicted octanol–water partition coefficient (Wildman–Crippen LogP) is 0.426. The minimum Gasteiger partial charge on any atom is -0.341 e. The third-order valence-electron chi connectivity index (χ3n) is 3.22. The maximum atomic E-state index is 12.7. The van der Waals surface area contributed by atoms with Gasteiger partial charge in [-0.05, 0) is 24.3 Å². The quantitative estimate of drug-likeness (QED) is 0.690. The first kappa shape index (κ1) is 15.6. The van der Waals surface area contributed by atoms with Gasteiger partial charge >= 0.3 is 0 Å². The second-order valence-corrected chi connectivity index (χ2v) is 6.50. The molecule has 3 rings (SSSR count). The Hall–Kier alpha value is -3.25. The molecule has 0 atom stereocenters. The van der Waals surface area contributed by atoms with Crippen molar-refractivity contribution in [3.05, 3.63) is 48.7 Å². The van der Waals surface area contributed by atoms with E-state index in [0.717, 1.165) is 3.97 Å². The second-order valence-electron chi connectivity index (χ2n) is 4.69. The number of rotatable bonds is 4. The molecule has 24 heavy (non-hydrogen) atoms. The number of fused-ring (bicyclic) bond motifs is 1. The van der Waals surface area contributed by atoms with E-state index in [1.165, 1.54) is 43.1 Å². The van der Waals surface area contributed by atoms with E-state index in [4.69, 9.17) is 6.42 Å². The topological polar surface area (TPSA) is 107 Å². The fourth-order valence-electron chi connectivity index (χ4n) is 2.06. The summed E-state index contributed by atoms with van der Waals surface area (Å²) in [6, 6.07) is 5.51. The van der Waals surface area contributed by atoms with Crippen LogP contribution in [0, 0.1) is 12.3 Å². The van der Waals surface area contributed by atoms with Crippen molar-refractivity contribution < 1.29 is 13.2 Å². The Balaban J connectivity index is 1.96. The lowest BCUT2D eigenvalue weighted by molar-refractivity contribution is 0.0958. The summed E-state index contributed by atoms with van der Waals surface area (Å²) in [5.41, 5.74) is 0.857. The van der Waals surface area contributed by atoms with Crippen LogP contribution in [0.2, 0.25) is 0 Å². The molecular weight excluding hydrogens is 330 g/mol. The molecule has 1 aromatic carbocycles. The van der Waals surface area contributed by atoms with Gasteiger partial charge in [0.2, 0.25) is 0 Å². The van der Waals surface area contributed by atoms with E-state index in [0.29, 0.717) is 5.56 Å². The molecule has 0 fully saturated rings. The molecule has 2 heterocycles. The third-order valence-corrected chi connectivity index (χ3v) is 4.90. The van der Waals surface area contributed by atoms with Gasteiger partial charge in [0.25, 0.3) is 15.9 Å². The van der Waals surface area contributed by atoms with Gasteiger partial charge in [0.05, 0.1) is 17.6 Å². The van der Waals surface area contributed by atoms with Crippen LogP contribution in [-0.4, -0.2) is 39.8 Å². The van der Waals surface area contributed by atoms with Gasteiger partial charge in [-0.1, -0.05) is 5.92 Å². The Bertz CT molecular complexity index is 1050. The molecule has 0 aliphatic carbocycles. The molecule has 3 aromatic rings. The van der Waals surface area contributed by atoms with Gasteiger partial charge in [0.1, 0.15) is 18.2 Å². The molecule has 8 nitrogen and oxygen atoms in total. The lowest BCUT2D eigenvalue weighted by atomic mass is 10.2. The van der Waals surface area contributed by atoms with Crippen LogP contribution in [-0.2, 0) is 10.0 Å². The fourth-order valence-corrected chi connectivity index (χ4v) is 3.32. The summed E-state index contributed by atoms with van der Waals surface area (Å²) in [5, 5.41) is 2.50. The van der Waals surface area contributed by atoms with Crippen molar-refractivity contribution in [1.82, 2.24) is 24.2 Å². The van der Waals surface area contributed by atoms with Crippen molar-refractivity contribution in [2.75, 3.05) is 6.54 Å². The SMILES string of the molecule is C#CCNC(=O)c1ccc(S(=O)(=O)n2cnc3ncncc32)cc1. The first-order chi connectivity index (χ1) is 11.5. The van der Waals surface area contributed by atoms with E-state index in [-0.39, 0.29) is 28.5 Å². The number of hydrogen-bond donors (Lipinski definition) is 1. The van der Waals surface area contributed by atoms with Crippen molar-refractivity contribution in [2.24, 2.45) is 0 Å². The average molecular weight is 341 g/mol. The third kappa shape index (κ3) is 2.70. The molecule has 0 bridgehead atoms. The van der Waals surface area contributed by atoms with E-state index >= 15 is 0 Å². The van der Waals surface area contributed by atoms with Crippen molar-refractivity contribution in [3.8, 4) is 12.3 Å². The van der Waals surface area contributed by atoms with Crippen LogP contribution in [0.5, 0.6) is 0 Å². The van der Waals surface area contributed by atoms with Crippen LogP contribution < -0.4 is 5.32 Å².